The number of likely N-dealkylation sites (tertiary alicyclic amines) is 1. The molecule has 0 radical (unpaired) electrons. The van der Waals surface area contributed by atoms with Crippen molar-refractivity contribution in [2.45, 2.75) is 12.0 Å². The van der Waals surface area contributed by atoms with Gasteiger partial charge in [0.25, 0.3) is 0 Å². The molecule has 23 heavy (non-hydrogen) atoms. The molecule has 0 aliphatic carbocycles. The van der Waals surface area contributed by atoms with Crippen LogP contribution in [0.1, 0.15) is 11.6 Å². The third kappa shape index (κ3) is 3.34. The lowest BCUT2D eigenvalue weighted by atomic mass is 9.93. The minimum absolute atomic E-state index is 0.0931. The molecule has 2 aliphatic heterocycles. The van der Waals surface area contributed by atoms with E-state index in [1.165, 1.54) is 0 Å². The molecule has 1 aromatic rings. The van der Waals surface area contributed by atoms with Crippen molar-refractivity contribution in [1.29, 1.82) is 0 Å². The van der Waals surface area contributed by atoms with Gasteiger partial charge in [-0.05, 0) is 12.1 Å². The molecule has 8 heteroatoms. The number of rotatable bonds is 5. The Balaban J connectivity index is 1.71. The van der Waals surface area contributed by atoms with Crippen LogP contribution in [0, 0.1) is 11.8 Å². The Morgan fingerprint density at radius 1 is 1.26 bits per heavy atom. The standard InChI is InChI=1S/C15H20N4O4/c20-14(21)11-8-19(6-9-5-17-18-13(9)15(22)23)7-10(11)12-3-1-2-4-16-12/h1-4,9-11,13,17-18H,5-8H2,(H,20,21)(H,22,23)/t9?,10-,11-,13?/m0/s1. The number of aliphatic carboxylic acids is 2. The zero-order valence-electron chi connectivity index (χ0n) is 12.6. The monoisotopic (exact) mass is 320 g/mol. The molecule has 4 atom stereocenters. The zero-order chi connectivity index (χ0) is 16.4. The van der Waals surface area contributed by atoms with Crippen molar-refractivity contribution < 1.29 is 19.8 Å². The topological polar surface area (TPSA) is 115 Å². The second-order valence-corrected chi connectivity index (χ2v) is 6.13. The Morgan fingerprint density at radius 2 is 2.09 bits per heavy atom. The van der Waals surface area contributed by atoms with Crippen molar-refractivity contribution in [2.24, 2.45) is 11.8 Å². The van der Waals surface area contributed by atoms with Crippen molar-refractivity contribution >= 4 is 11.9 Å². The first-order valence-corrected chi connectivity index (χ1v) is 7.63. The highest BCUT2D eigenvalue weighted by molar-refractivity contribution is 5.74. The van der Waals surface area contributed by atoms with E-state index >= 15 is 0 Å². The Hall–Kier alpha value is -2.03. The Bertz CT molecular complexity index is 582. The Kier molecular flexibility index (Phi) is 4.56. The molecule has 1 aromatic heterocycles. The fourth-order valence-corrected chi connectivity index (χ4v) is 3.48. The lowest BCUT2D eigenvalue weighted by Crippen LogP contribution is -2.42. The highest BCUT2D eigenvalue weighted by Crippen LogP contribution is 2.32. The number of aromatic nitrogens is 1. The third-order valence-electron chi connectivity index (χ3n) is 4.63. The fraction of sp³-hybridized carbons (Fsp3) is 0.533. The molecule has 3 rings (SSSR count). The van der Waals surface area contributed by atoms with Gasteiger partial charge < -0.3 is 15.1 Å². The number of nitrogens with zero attached hydrogens (tertiary/aromatic N) is 2. The summed E-state index contributed by atoms with van der Waals surface area (Å²) >= 11 is 0. The van der Waals surface area contributed by atoms with Crippen molar-refractivity contribution in [3.8, 4) is 0 Å². The average Bonchev–Trinajstić information content (AvgIpc) is 3.15. The summed E-state index contributed by atoms with van der Waals surface area (Å²) in [7, 11) is 0. The summed E-state index contributed by atoms with van der Waals surface area (Å²) in [4.78, 5) is 29.1. The first-order chi connectivity index (χ1) is 11.1. The fourth-order valence-electron chi connectivity index (χ4n) is 3.48. The Labute approximate surface area is 133 Å². The minimum Gasteiger partial charge on any atom is -0.481 e. The lowest BCUT2D eigenvalue weighted by molar-refractivity contribution is -0.142. The van der Waals surface area contributed by atoms with E-state index in [1.807, 2.05) is 17.0 Å². The molecule has 2 aliphatic rings. The summed E-state index contributed by atoms with van der Waals surface area (Å²) in [5.41, 5.74) is 6.40. The van der Waals surface area contributed by atoms with Crippen molar-refractivity contribution in [1.82, 2.24) is 20.7 Å². The molecule has 3 heterocycles. The first-order valence-electron chi connectivity index (χ1n) is 7.63. The number of carboxylic acids is 2. The number of nitrogens with one attached hydrogen (secondary N) is 2. The molecule has 2 saturated heterocycles. The van der Waals surface area contributed by atoms with Gasteiger partial charge in [0.05, 0.1) is 5.92 Å². The van der Waals surface area contributed by atoms with Crippen LogP contribution in [0.5, 0.6) is 0 Å². The van der Waals surface area contributed by atoms with Gasteiger partial charge in [-0.1, -0.05) is 6.07 Å². The SMILES string of the molecule is O=C(O)C1NNCC1CN1C[C@H](C(=O)O)[C@@H](c2ccccn2)C1. The molecule has 0 saturated carbocycles. The molecule has 2 unspecified atom stereocenters. The van der Waals surface area contributed by atoms with Crippen LogP contribution in [-0.2, 0) is 9.59 Å². The van der Waals surface area contributed by atoms with Gasteiger partial charge in [-0.25, -0.2) is 5.43 Å². The first kappa shape index (κ1) is 15.9. The van der Waals surface area contributed by atoms with Gasteiger partial charge in [0.2, 0.25) is 0 Å². The molecular formula is C15H20N4O4. The van der Waals surface area contributed by atoms with E-state index in [0.717, 1.165) is 5.69 Å². The van der Waals surface area contributed by atoms with Crippen molar-refractivity contribution in [2.75, 3.05) is 26.2 Å². The largest absolute Gasteiger partial charge is 0.481 e. The predicted molar refractivity (Wildman–Crippen MR) is 80.6 cm³/mol. The summed E-state index contributed by atoms with van der Waals surface area (Å²) in [6.45, 7) is 2.10. The summed E-state index contributed by atoms with van der Waals surface area (Å²) in [5, 5.41) is 18.7. The summed E-state index contributed by atoms with van der Waals surface area (Å²) in [6, 6.07) is 4.87. The van der Waals surface area contributed by atoms with Crippen LogP contribution >= 0.6 is 0 Å². The predicted octanol–water partition coefficient (Wildman–Crippen LogP) is -0.641. The van der Waals surface area contributed by atoms with Gasteiger partial charge >= 0.3 is 11.9 Å². The van der Waals surface area contributed by atoms with Gasteiger partial charge in [0.1, 0.15) is 6.04 Å². The highest BCUT2D eigenvalue weighted by atomic mass is 16.4. The normalized spacial score (nSPS) is 31.3. The van der Waals surface area contributed by atoms with Crippen molar-refractivity contribution in [3.63, 3.8) is 0 Å². The quantitative estimate of drug-likeness (QED) is 0.566. The molecule has 0 spiro atoms. The van der Waals surface area contributed by atoms with E-state index in [1.54, 1.807) is 12.3 Å². The van der Waals surface area contributed by atoms with Crippen LogP contribution in [0.3, 0.4) is 0 Å². The van der Waals surface area contributed by atoms with Crippen LogP contribution < -0.4 is 10.9 Å². The maximum absolute atomic E-state index is 11.6. The van der Waals surface area contributed by atoms with Gasteiger partial charge in [0, 0.05) is 49.9 Å². The second kappa shape index (κ2) is 6.61. The summed E-state index contributed by atoms with van der Waals surface area (Å²) < 4.78 is 0. The van der Waals surface area contributed by atoms with E-state index in [0.29, 0.717) is 26.2 Å². The van der Waals surface area contributed by atoms with Crippen molar-refractivity contribution in [3.05, 3.63) is 30.1 Å². The van der Waals surface area contributed by atoms with E-state index in [9.17, 15) is 19.8 Å². The van der Waals surface area contributed by atoms with E-state index in [2.05, 4.69) is 15.8 Å². The van der Waals surface area contributed by atoms with Crippen LogP contribution in [0.4, 0.5) is 0 Å². The molecule has 0 amide bonds. The minimum atomic E-state index is -0.893. The third-order valence-corrected chi connectivity index (χ3v) is 4.63. The number of carbonyl (C=O) groups is 2. The maximum Gasteiger partial charge on any atom is 0.322 e. The van der Waals surface area contributed by atoms with Gasteiger partial charge in [-0.3, -0.25) is 20.0 Å². The average molecular weight is 320 g/mol. The molecule has 4 N–H and O–H groups in total. The van der Waals surface area contributed by atoms with Gasteiger partial charge in [0.15, 0.2) is 0 Å². The van der Waals surface area contributed by atoms with Crippen LogP contribution in [-0.4, -0.2) is 64.3 Å². The maximum atomic E-state index is 11.6. The zero-order valence-corrected chi connectivity index (χ0v) is 12.6. The summed E-state index contributed by atoms with van der Waals surface area (Å²) in [5.74, 6) is -2.50. The van der Waals surface area contributed by atoms with E-state index in [-0.39, 0.29) is 11.8 Å². The van der Waals surface area contributed by atoms with Gasteiger partial charge in [-0.2, -0.15) is 0 Å². The van der Waals surface area contributed by atoms with Crippen LogP contribution in [0.15, 0.2) is 24.4 Å². The highest BCUT2D eigenvalue weighted by Gasteiger charge is 2.42. The lowest BCUT2D eigenvalue weighted by Gasteiger charge is -2.22. The van der Waals surface area contributed by atoms with Crippen LogP contribution in [0.2, 0.25) is 0 Å². The van der Waals surface area contributed by atoms with Gasteiger partial charge in [-0.15, -0.1) is 0 Å². The molecule has 2 fully saturated rings. The number of hydrogen-bond donors (Lipinski definition) is 4. The molecule has 0 aromatic carbocycles. The molecule has 0 bridgehead atoms. The number of hydrogen-bond acceptors (Lipinski definition) is 6. The van der Waals surface area contributed by atoms with E-state index in [4.69, 9.17) is 0 Å². The molecule has 124 valence electrons. The second-order valence-electron chi connectivity index (χ2n) is 6.13. The Morgan fingerprint density at radius 3 is 2.74 bits per heavy atom. The van der Waals surface area contributed by atoms with E-state index < -0.39 is 23.9 Å². The smallest absolute Gasteiger partial charge is 0.322 e. The molecular weight excluding hydrogens is 300 g/mol. The summed E-state index contributed by atoms with van der Waals surface area (Å²) in [6.07, 6.45) is 1.67. The number of pyridine rings is 1. The number of hydrazine groups is 1. The van der Waals surface area contributed by atoms with Crippen LogP contribution in [0.25, 0.3) is 0 Å². The molecule has 8 nitrogen and oxygen atoms in total. The number of carboxylic acid groups (broad SMARTS) is 2.